The number of hydrogen-bond acceptors (Lipinski definition) is 3. The highest BCUT2D eigenvalue weighted by molar-refractivity contribution is 6.03. The van der Waals surface area contributed by atoms with Crippen molar-refractivity contribution in [2.75, 3.05) is 0 Å². The summed E-state index contributed by atoms with van der Waals surface area (Å²) in [7, 11) is 0. The number of rotatable bonds is 0. The lowest BCUT2D eigenvalue weighted by Gasteiger charge is -2.10. The third kappa shape index (κ3) is 4.00. The summed E-state index contributed by atoms with van der Waals surface area (Å²) in [6.45, 7) is 0. The minimum absolute atomic E-state index is 0.0763. The molecule has 96 valence electrons. The molecule has 0 aromatic heterocycles. The number of ketones is 1. The van der Waals surface area contributed by atoms with Gasteiger partial charge >= 0.3 is 12.1 Å². The summed E-state index contributed by atoms with van der Waals surface area (Å²) in [5, 5.41) is 7.12. The zero-order chi connectivity index (χ0) is 13.8. The Kier molecular flexibility index (Phi) is 4.19. The fourth-order valence-electron chi connectivity index (χ4n) is 1.17. The van der Waals surface area contributed by atoms with Crippen LogP contribution in [0, 0.1) is 0 Å². The van der Waals surface area contributed by atoms with Crippen molar-refractivity contribution in [2.45, 2.75) is 12.6 Å². The first kappa shape index (κ1) is 13.9. The topological polar surface area (TPSA) is 66.7 Å². The van der Waals surface area contributed by atoms with Crippen molar-refractivity contribution in [3.63, 3.8) is 0 Å². The monoisotopic (exact) mass is 259 g/mol. The van der Waals surface area contributed by atoms with E-state index in [1.165, 1.54) is 0 Å². The van der Waals surface area contributed by atoms with Crippen molar-refractivity contribution in [3.8, 4) is 0 Å². The Balaban J connectivity index is 0.000000203. The Bertz CT molecular complexity index is 484. The lowest BCUT2D eigenvalue weighted by atomic mass is 9.96. The third-order valence-electron chi connectivity index (χ3n) is 1.99. The van der Waals surface area contributed by atoms with E-state index < -0.39 is 12.1 Å². The van der Waals surface area contributed by atoms with Crippen molar-refractivity contribution < 1.29 is 27.9 Å². The van der Waals surface area contributed by atoms with E-state index in [0.29, 0.717) is 0 Å². The molecular weight excluding hydrogens is 251 g/mol. The predicted molar refractivity (Wildman–Crippen MR) is 57.1 cm³/mol. The van der Waals surface area contributed by atoms with Crippen LogP contribution in [0.25, 0.3) is 0 Å². The average Bonchev–Trinajstić information content (AvgIpc) is 2.28. The van der Waals surface area contributed by atoms with Crippen LogP contribution < -0.4 is 0 Å². The molecule has 0 bridgehead atoms. The molecule has 0 atom stereocenters. The summed E-state index contributed by atoms with van der Waals surface area (Å²) in [6.07, 6.45) is 4.32. The zero-order valence-electron chi connectivity index (χ0n) is 8.94. The number of aliphatic imine (C=N–C) groups is 1. The third-order valence-corrected chi connectivity index (χ3v) is 1.99. The van der Waals surface area contributed by atoms with Crippen molar-refractivity contribution in [2.24, 2.45) is 4.99 Å². The van der Waals surface area contributed by atoms with E-state index in [0.717, 1.165) is 17.6 Å². The van der Waals surface area contributed by atoms with Crippen LogP contribution in [0.3, 0.4) is 0 Å². The molecule has 1 N–H and O–H groups in total. The number of allylic oxidation sites excluding steroid dienone is 5. The van der Waals surface area contributed by atoms with Gasteiger partial charge in [0, 0.05) is 18.8 Å². The summed E-state index contributed by atoms with van der Waals surface area (Å²) < 4.78 is 31.7. The maximum absolute atomic E-state index is 10.9. The summed E-state index contributed by atoms with van der Waals surface area (Å²) in [6, 6.07) is 0. The SMILES string of the molecule is O=C(O)C(F)(F)F.O=C1C=CC2=CN=CCC2=C1. The van der Waals surface area contributed by atoms with E-state index in [1.54, 1.807) is 18.4 Å². The second kappa shape index (κ2) is 5.44. The zero-order valence-corrected chi connectivity index (χ0v) is 8.94. The maximum Gasteiger partial charge on any atom is 0.490 e. The quantitative estimate of drug-likeness (QED) is 0.723. The van der Waals surface area contributed by atoms with Crippen molar-refractivity contribution in [3.05, 3.63) is 35.6 Å². The number of carbonyl (C=O) groups excluding carboxylic acids is 1. The molecule has 18 heavy (non-hydrogen) atoms. The molecule has 2 aliphatic rings. The molecule has 7 heteroatoms. The van der Waals surface area contributed by atoms with E-state index in [9.17, 15) is 18.0 Å². The fraction of sp³-hybridized carbons (Fsp3) is 0.182. The minimum atomic E-state index is -5.08. The first-order valence-electron chi connectivity index (χ1n) is 4.75. The number of alkyl halides is 3. The number of nitrogens with zero attached hydrogens (tertiary/aromatic N) is 1. The predicted octanol–water partition coefficient (Wildman–Crippen LogP) is 2.04. The van der Waals surface area contributed by atoms with Crippen LogP contribution in [-0.2, 0) is 9.59 Å². The second-order valence-electron chi connectivity index (χ2n) is 3.33. The Hall–Kier alpha value is -2.18. The molecule has 4 nitrogen and oxygen atoms in total. The van der Waals surface area contributed by atoms with Crippen LogP contribution in [0.2, 0.25) is 0 Å². The van der Waals surface area contributed by atoms with Gasteiger partial charge in [-0.25, -0.2) is 4.79 Å². The molecule has 0 unspecified atom stereocenters. The van der Waals surface area contributed by atoms with Gasteiger partial charge in [-0.3, -0.25) is 9.79 Å². The van der Waals surface area contributed by atoms with E-state index >= 15 is 0 Å². The Morgan fingerprint density at radius 3 is 2.50 bits per heavy atom. The number of halogens is 3. The van der Waals surface area contributed by atoms with Gasteiger partial charge in [-0.05, 0) is 29.4 Å². The van der Waals surface area contributed by atoms with Crippen LogP contribution in [0.4, 0.5) is 13.2 Å². The van der Waals surface area contributed by atoms with Crippen molar-refractivity contribution >= 4 is 18.0 Å². The summed E-state index contributed by atoms with van der Waals surface area (Å²) in [5.41, 5.74) is 2.14. The smallest absolute Gasteiger partial charge is 0.475 e. The van der Waals surface area contributed by atoms with Gasteiger partial charge in [-0.15, -0.1) is 0 Å². The van der Waals surface area contributed by atoms with Gasteiger partial charge < -0.3 is 5.11 Å². The molecule has 0 fully saturated rings. The molecule has 0 spiro atoms. The Labute approximate surface area is 99.8 Å². The van der Waals surface area contributed by atoms with Gasteiger partial charge in [0.2, 0.25) is 0 Å². The molecule has 1 aliphatic heterocycles. The van der Waals surface area contributed by atoms with E-state index in [4.69, 9.17) is 9.90 Å². The van der Waals surface area contributed by atoms with E-state index in [1.807, 2.05) is 12.3 Å². The summed E-state index contributed by atoms with van der Waals surface area (Å²) in [4.78, 5) is 23.8. The number of aliphatic carboxylic acids is 1. The molecule has 0 aromatic rings. The Morgan fingerprint density at radius 2 is 1.94 bits per heavy atom. The lowest BCUT2D eigenvalue weighted by Crippen LogP contribution is -2.21. The first-order valence-corrected chi connectivity index (χ1v) is 4.75. The molecule has 2 rings (SSSR count). The van der Waals surface area contributed by atoms with Crippen molar-refractivity contribution in [1.29, 1.82) is 0 Å². The highest BCUT2D eigenvalue weighted by atomic mass is 19.4. The normalized spacial score (nSPS) is 17.2. The molecule has 1 aliphatic carbocycles. The molecule has 0 amide bonds. The van der Waals surface area contributed by atoms with Crippen LogP contribution in [-0.4, -0.2) is 29.2 Å². The van der Waals surface area contributed by atoms with Gasteiger partial charge in [-0.1, -0.05) is 0 Å². The minimum Gasteiger partial charge on any atom is -0.475 e. The molecular formula is C11H8F3NO3. The lowest BCUT2D eigenvalue weighted by molar-refractivity contribution is -0.192. The van der Waals surface area contributed by atoms with Gasteiger partial charge in [-0.2, -0.15) is 13.2 Å². The average molecular weight is 259 g/mol. The highest BCUT2D eigenvalue weighted by Gasteiger charge is 2.38. The summed E-state index contributed by atoms with van der Waals surface area (Å²) in [5.74, 6) is -2.68. The molecule has 0 radical (unpaired) electrons. The molecule has 1 heterocycles. The standard InChI is InChI=1S/C9H7NO.C2HF3O2/c11-9-2-1-8-6-10-4-3-7(8)5-9;3-2(4,5)1(6)7/h1-2,4-6H,3H2;(H,6,7). The number of carboxylic acid groups (broad SMARTS) is 1. The number of hydrogen-bond donors (Lipinski definition) is 1. The highest BCUT2D eigenvalue weighted by Crippen LogP contribution is 2.21. The molecule has 0 saturated heterocycles. The number of fused-ring (bicyclic) bond motifs is 1. The van der Waals surface area contributed by atoms with Crippen LogP contribution >= 0.6 is 0 Å². The van der Waals surface area contributed by atoms with Gasteiger partial charge in [0.25, 0.3) is 0 Å². The largest absolute Gasteiger partial charge is 0.490 e. The van der Waals surface area contributed by atoms with E-state index in [2.05, 4.69) is 4.99 Å². The van der Waals surface area contributed by atoms with Gasteiger partial charge in [0.1, 0.15) is 0 Å². The number of carboxylic acids is 1. The van der Waals surface area contributed by atoms with Gasteiger partial charge in [0.15, 0.2) is 5.78 Å². The number of carbonyl (C=O) groups is 2. The summed E-state index contributed by atoms with van der Waals surface area (Å²) >= 11 is 0. The van der Waals surface area contributed by atoms with Crippen LogP contribution in [0.15, 0.2) is 40.6 Å². The molecule has 0 aromatic carbocycles. The van der Waals surface area contributed by atoms with E-state index in [-0.39, 0.29) is 5.78 Å². The second-order valence-corrected chi connectivity index (χ2v) is 3.33. The van der Waals surface area contributed by atoms with Crippen molar-refractivity contribution in [1.82, 2.24) is 0 Å². The Morgan fingerprint density at radius 1 is 1.33 bits per heavy atom. The fourth-order valence-corrected chi connectivity index (χ4v) is 1.17. The first-order chi connectivity index (χ1) is 8.30. The van der Waals surface area contributed by atoms with Gasteiger partial charge in [0.05, 0.1) is 0 Å². The maximum atomic E-state index is 10.9. The van der Waals surface area contributed by atoms with Crippen LogP contribution in [0.5, 0.6) is 0 Å². The molecule has 0 saturated carbocycles. The van der Waals surface area contributed by atoms with Crippen LogP contribution in [0.1, 0.15) is 6.42 Å².